The molecule has 2 aromatic carbocycles. The van der Waals surface area contributed by atoms with Crippen LogP contribution in [-0.4, -0.2) is 20.0 Å². The second kappa shape index (κ2) is 8.49. The number of hydrogen-bond donors (Lipinski definition) is 1. The van der Waals surface area contributed by atoms with E-state index in [0.717, 1.165) is 18.2 Å². The Hall–Kier alpha value is -1.78. The fourth-order valence-electron chi connectivity index (χ4n) is 2.09. The largest absolute Gasteiger partial charge is 0.456 e. The van der Waals surface area contributed by atoms with Crippen molar-refractivity contribution in [1.29, 1.82) is 0 Å². The van der Waals surface area contributed by atoms with Crippen LogP contribution in [0.25, 0.3) is 0 Å². The zero-order valence-electron chi connectivity index (χ0n) is 13.7. The number of benzene rings is 2. The summed E-state index contributed by atoms with van der Waals surface area (Å²) in [6, 6.07) is 5.61. The lowest BCUT2D eigenvalue weighted by Gasteiger charge is -2.15. The van der Waals surface area contributed by atoms with Gasteiger partial charge in [0.25, 0.3) is 0 Å². The molecule has 0 spiro atoms. The van der Waals surface area contributed by atoms with E-state index in [0.29, 0.717) is 0 Å². The van der Waals surface area contributed by atoms with Gasteiger partial charge >= 0.3 is 5.76 Å². The predicted molar refractivity (Wildman–Crippen MR) is 99.8 cm³/mol. The van der Waals surface area contributed by atoms with Crippen molar-refractivity contribution in [3.8, 4) is 11.5 Å². The Morgan fingerprint density at radius 2 is 2.00 bits per heavy atom. The van der Waals surface area contributed by atoms with E-state index in [4.69, 9.17) is 22.1 Å². The number of halogens is 5. The smallest absolute Gasteiger partial charge is 0.341 e. The van der Waals surface area contributed by atoms with Gasteiger partial charge < -0.3 is 10.5 Å². The first-order chi connectivity index (χ1) is 12.5. The number of nitrogens with zero attached hydrogens (tertiary/aromatic N) is 1. The highest BCUT2D eigenvalue weighted by Gasteiger charge is 2.31. The normalized spacial score (nSPS) is 12.5. The van der Waals surface area contributed by atoms with Crippen LogP contribution in [0.4, 0.5) is 13.2 Å². The molecule has 0 aromatic heterocycles. The Morgan fingerprint density at radius 3 is 2.56 bits per heavy atom. The number of alkyl halides is 2. The number of nitrogens with two attached hydrogens (primary N) is 1. The maximum Gasteiger partial charge on any atom is 0.341 e. The topological polar surface area (TPSA) is 81.8 Å². The summed E-state index contributed by atoms with van der Waals surface area (Å²) in [5.74, 6) is -4.03. The Balaban J connectivity index is 2.58. The fourth-order valence-corrected chi connectivity index (χ4v) is 3.94. The molecule has 0 aliphatic heterocycles. The summed E-state index contributed by atoms with van der Waals surface area (Å²) in [5.41, 5.74) is 5.38. The van der Waals surface area contributed by atoms with Crippen molar-refractivity contribution < 1.29 is 26.3 Å². The molecule has 5 nitrogen and oxygen atoms in total. The highest BCUT2D eigenvalue weighted by molar-refractivity contribution is 9.10. The quantitative estimate of drug-likeness (QED) is 0.466. The molecule has 0 fully saturated rings. The average molecular weight is 486 g/mol. The fraction of sp³-hybridized carbons (Fsp3) is 0.188. The van der Waals surface area contributed by atoms with Crippen LogP contribution >= 0.6 is 27.5 Å². The molecule has 0 aliphatic rings. The van der Waals surface area contributed by atoms with Crippen LogP contribution < -0.4 is 10.5 Å². The van der Waals surface area contributed by atoms with Crippen molar-refractivity contribution in [2.24, 2.45) is 10.7 Å². The zero-order valence-corrected chi connectivity index (χ0v) is 16.9. The van der Waals surface area contributed by atoms with Crippen LogP contribution in [0.1, 0.15) is 12.5 Å². The van der Waals surface area contributed by atoms with Gasteiger partial charge in [-0.3, -0.25) is 4.99 Å². The molecule has 0 radical (unpaired) electrons. The first-order valence-electron chi connectivity index (χ1n) is 7.26. The van der Waals surface area contributed by atoms with Crippen LogP contribution in [0.15, 0.2) is 44.7 Å². The van der Waals surface area contributed by atoms with E-state index in [1.54, 1.807) is 0 Å². The van der Waals surface area contributed by atoms with Gasteiger partial charge in [0.15, 0.2) is 0 Å². The van der Waals surface area contributed by atoms with Crippen LogP contribution in [0.2, 0.25) is 5.02 Å². The zero-order chi connectivity index (χ0) is 20.4. The van der Waals surface area contributed by atoms with Crippen molar-refractivity contribution in [2.45, 2.75) is 24.1 Å². The molecule has 0 bridgehead atoms. The number of aliphatic imine (C=N–C) groups is 1. The monoisotopic (exact) mass is 484 g/mol. The highest BCUT2D eigenvalue weighted by atomic mass is 79.9. The lowest BCUT2D eigenvalue weighted by atomic mass is 10.2. The number of amidine groups is 1. The Kier molecular flexibility index (Phi) is 6.77. The number of ether oxygens (including phenoxy) is 1. The summed E-state index contributed by atoms with van der Waals surface area (Å²) >= 11 is 8.91. The lowest BCUT2D eigenvalue weighted by Crippen LogP contribution is -2.15. The van der Waals surface area contributed by atoms with E-state index in [2.05, 4.69) is 20.9 Å². The summed E-state index contributed by atoms with van der Waals surface area (Å²) in [4.78, 5) is 3.27. The van der Waals surface area contributed by atoms with Crippen LogP contribution in [0.3, 0.4) is 0 Å². The predicted octanol–water partition coefficient (Wildman–Crippen LogP) is 4.91. The minimum atomic E-state index is -4.89. The molecule has 0 atom stereocenters. The maximum absolute atomic E-state index is 13.5. The molecule has 146 valence electrons. The van der Waals surface area contributed by atoms with Crippen molar-refractivity contribution in [1.82, 2.24) is 0 Å². The molecule has 0 heterocycles. The molecule has 2 aromatic rings. The molecule has 0 saturated heterocycles. The number of rotatable bonds is 6. The summed E-state index contributed by atoms with van der Waals surface area (Å²) in [6.07, 6.45) is 0. The van der Waals surface area contributed by atoms with Gasteiger partial charge in [-0.2, -0.15) is 8.78 Å². The Labute approximate surface area is 167 Å². The molecule has 11 heteroatoms. The van der Waals surface area contributed by atoms with Crippen LogP contribution in [-0.2, 0) is 16.4 Å². The minimum absolute atomic E-state index is 0.0367. The van der Waals surface area contributed by atoms with E-state index >= 15 is 0 Å². The van der Waals surface area contributed by atoms with Gasteiger partial charge in [-0.1, -0.05) is 11.6 Å². The van der Waals surface area contributed by atoms with E-state index in [-0.39, 0.29) is 38.9 Å². The van der Waals surface area contributed by atoms with Crippen molar-refractivity contribution in [3.05, 3.63) is 51.2 Å². The van der Waals surface area contributed by atoms with Gasteiger partial charge in [-0.05, 0) is 47.1 Å². The minimum Gasteiger partial charge on any atom is -0.456 e. The molecular formula is C16H13BrClF3N2O3S. The van der Waals surface area contributed by atoms with Crippen molar-refractivity contribution in [3.63, 3.8) is 0 Å². The lowest BCUT2D eigenvalue weighted by molar-refractivity contribution is 0.234. The Bertz CT molecular complexity index is 976. The van der Waals surface area contributed by atoms with E-state index < -0.39 is 26.3 Å². The van der Waals surface area contributed by atoms with Gasteiger partial charge in [-0.25, -0.2) is 12.8 Å². The van der Waals surface area contributed by atoms with Crippen molar-refractivity contribution >= 4 is 43.2 Å². The molecule has 27 heavy (non-hydrogen) atoms. The van der Waals surface area contributed by atoms with E-state index in [9.17, 15) is 21.6 Å². The molecule has 0 amide bonds. The summed E-state index contributed by atoms with van der Waals surface area (Å²) in [6.45, 7) is 1.18. The van der Waals surface area contributed by atoms with Gasteiger partial charge in [0.1, 0.15) is 17.3 Å². The van der Waals surface area contributed by atoms with Gasteiger partial charge in [0.05, 0.1) is 21.7 Å². The molecular weight excluding hydrogens is 473 g/mol. The second-order valence-corrected chi connectivity index (χ2v) is 8.44. The first kappa shape index (κ1) is 21.5. The number of sulfone groups is 1. The van der Waals surface area contributed by atoms with E-state index in [1.807, 2.05) is 0 Å². The standard InChI is InChI=1S/C16H13BrClF3N2O3S/c1-8(22)23-7-12-14(27(24,25)16(20)21)3-2-13(15(12)17)26-11-5-9(18)4-10(19)6-11/h2-6,16H,7H2,1H3,(H2,22,23). The summed E-state index contributed by atoms with van der Waals surface area (Å²) in [7, 11) is -4.89. The highest BCUT2D eigenvalue weighted by Crippen LogP contribution is 2.38. The third-order valence-electron chi connectivity index (χ3n) is 3.26. The first-order valence-corrected chi connectivity index (χ1v) is 9.98. The maximum atomic E-state index is 13.5. The average Bonchev–Trinajstić information content (AvgIpc) is 2.54. The van der Waals surface area contributed by atoms with Gasteiger partial charge in [0.2, 0.25) is 9.84 Å². The van der Waals surface area contributed by atoms with Crippen LogP contribution in [0, 0.1) is 5.82 Å². The summed E-state index contributed by atoms with van der Waals surface area (Å²) in [5, 5.41) is 0.0848. The second-order valence-electron chi connectivity index (χ2n) is 5.32. The molecule has 0 aliphatic carbocycles. The Morgan fingerprint density at radius 1 is 1.33 bits per heavy atom. The molecule has 2 rings (SSSR count). The third-order valence-corrected chi connectivity index (χ3v) is 5.81. The summed E-state index contributed by atoms with van der Waals surface area (Å²) < 4.78 is 68.9. The van der Waals surface area contributed by atoms with Gasteiger partial charge in [0, 0.05) is 16.7 Å². The molecule has 0 unspecified atom stereocenters. The third kappa shape index (κ3) is 5.14. The molecule has 0 saturated carbocycles. The SMILES string of the molecule is CC(N)=NCc1c(S(=O)(=O)C(F)F)ccc(Oc2cc(F)cc(Cl)c2)c1Br. The van der Waals surface area contributed by atoms with Crippen molar-refractivity contribution in [2.75, 3.05) is 0 Å². The van der Waals surface area contributed by atoms with E-state index in [1.165, 1.54) is 19.1 Å². The number of hydrogen-bond acceptors (Lipinski definition) is 4. The van der Waals surface area contributed by atoms with Gasteiger partial charge in [-0.15, -0.1) is 0 Å². The van der Waals surface area contributed by atoms with Crippen LogP contribution in [0.5, 0.6) is 11.5 Å². The molecule has 2 N–H and O–H groups in total.